The molecular weight excluding hydrogens is 330 g/mol. The monoisotopic (exact) mass is 334 g/mol. The molecule has 0 unspecified atom stereocenters. The molecule has 0 amide bonds. The number of carboxylic acid groups (broad SMARTS) is 1. The SMILES string of the molecule is O=C(O)c1ccc(Cl)cc1-c1c(Cl)cc(Cl)cc1Cl. The molecule has 0 heterocycles. The van der Waals surface area contributed by atoms with Crippen molar-refractivity contribution in [3.8, 4) is 11.1 Å². The first-order chi connectivity index (χ1) is 8.90. The van der Waals surface area contributed by atoms with Crippen molar-refractivity contribution in [1.29, 1.82) is 0 Å². The van der Waals surface area contributed by atoms with Crippen molar-refractivity contribution >= 4 is 52.4 Å². The van der Waals surface area contributed by atoms with E-state index in [1.165, 1.54) is 30.3 Å². The predicted octanol–water partition coefficient (Wildman–Crippen LogP) is 5.67. The normalized spacial score (nSPS) is 10.5. The lowest BCUT2D eigenvalue weighted by molar-refractivity contribution is 0.0698. The van der Waals surface area contributed by atoms with E-state index in [1.54, 1.807) is 0 Å². The van der Waals surface area contributed by atoms with Gasteiger partial charge in [0, 0.05) is 21.2 Å². The molecule has 0 aliphatic rings. The first-order valence-electron chi connectivity index (χ1n) is 5.08. The molecule has 98 valence electrons. The van der Waals surface area contributed by atoms with E-state index in [1.807, 2.05) is 0 Å². The lowest BCUT2D eigenvalue weighted by Gasteiger charge is -2.11. The van der Waals surface area contributed by atoms with Gasteiger partial charge >= 0.3 is 5.97 Å². The van der Waals surface area contributed by atoms with Gasteiger partial charge < -0.3 is 5.11 Å². The van der Waals surface area contributed by atoms with Gasteiger partial charge in [0.25, 0.3) is 0 Å². The second-order valence-electron chi connectivity index (χ2n) is 3.74. The van der Waals surface area contributed by atoms with Gasteiger partial charge in [0.2, 0.25) is 0 Å². The summed E-state index contributed by atoms with van der Waals surface area (Å²) in [5, 5.41) is 10.5. The van der Waals surface area contributed by atoms with Crippen LogP contribution in [0.25, 0.3) is 11.1 Å². The van der Waals surface area contributed by atoms with Crippen molar-refractivity contribution in [3.63, 3.8) is 0 Å². The highest BCUT2D eigenvalue weighted by atomic mass is 35.5. The van der Waals surface area contributed by atoms with E-state index in [0.29, 0.717) is 21.2 Å². The molecule has 2 nitrogen and oxygen atoms in total. The van der Waals surface area contributed by atoms with Crippen LogP contribution in [0.3, 0.4) is 0 Å². The zero-order chi connectivity index (χ0) is 14.2. The number of benzene rings is 2. The van der Waals surface area contributed by atoms with Crippen molar-refractivity contribution in [1.82, 2.24) is 0 Å². The Labute approximate surface area is 129 Å². The van der Waals surface area contributed by atoms with Crippen molar-refractivity contribution in [2.24, 2.45) is 0 Å². The molecule has 0 aliphatic carbocycles. The van der Waals surface area contributed by atoms with Crippen LogP contribution in [0.15, 0.2) is 30.3 Å². The highest BCUT2D eigenvalue weighted by molar-refractivity contribution is 6.42. The maximum Gasteiger partial charge on any atom is 0.336 e. The summed E-state index contributed by atoms with van der Waals surface area (Å²) in [4.78, 5) is 11.2. The molecule has 0 saturated heterocycles. The maximum absolute atomic E-state index is 11.2. The molecule has 0 atom stereocenters. The summed E-state index contributed by atoms with van der Waals surface area (Å²) in [5.41, 5.74) is 0.815. The Kier molecular flexibility index (Phi) is 4.26. The Bertz CT molecular complexity index is 645. The van der Waals surface area contributed by atoms with Crippen LogP contribution >= 0.6 is 46.4 Å². The van der Waals surface area contributed by atoms with Gasteiger partial charge in [-0.25, -0.2) is 4.79 Å². The van der Waals surface area contributed by atoms with Crippen LogP contribution in [0.1, 0.15) is 10.4 Å². The van der Waals surface area contributed by atoms with Crippen molar-refractivity contribution < 1.29 is 9.90 Å². The number of rotatable bonds is 2. The third-order valence-corrected chi connectivity index (χ3v) is 3.54. The summed E-state index contributed by atoms with van der Waals surface area (Å²) in [7, 11) is 0. The minimum absolute atomic E-state index is 0.0653. The third kappa shape index (κ3) is 2.98. The average molecular weight is 336 g/mol. The lowest BCUT2D eigenvalue weighted by atomic mass is 9.99. The summed E-state index contributed by atoms with van der Waals surface area (Å²) in [5.74, 6) is -1.09. The van der Waals surface area contributed by atoms with Gasteiger partial charge in [-0.1, -0.05) is 46.4 Å². The fourth-order valence-electron chi connectivity index (χ4n) is 1.71. The van der Waals surface area contributed by atoms with E-state index in [9.17, 15) is 9.90 Å². The van der Waals surface area contributed by atoms with E-state index in [0.717, 1.165) is 0 Å². The Hall–Kier alpha value is -0.930. The van der Waals surface area contributed by atoms with Gasteiger partial charge in [-0.3, -0.25) is 0 Å². The predicted molar refractivity (Wildman–Crippen MR) is 78.9 cm³/mol. The molecule has 0 fully saturated rings. The van der Waals surface area contributed by atoms with Crippen molar-refractivity contribution in [3.05, 3.63) is 56.0 Å². The van der Waals surface area contributed by atoms with Crippen LogP contribution in [-0.2, 0) is 0 Å². The molecule has 2 aromatic rings. The first kappa shape index (κ1) is 14.5. The zero-order valence-corrected chi connectivity index (χ0v) is 12.3. The number of carboxylic acids is 1. The molecule has 19 heavy (non-hydrogen) atoms. The molecule has 0 saturated carbocycles. The molecule has 1 N–H and O–H groups in total. The minimum atomic E-state index is -1.09. The largest absolute Gasteiger partial charge is 0.478 e. The molecule has 6 heteroatoms. The van der Waals surface area contributed by atoms with Crippen LogP contribution in [0, 0.1) is 0 Å². The molecule has 0 spiro atoms. The summed E-state index contributed by atoms with van der Waals surface area (Å²) in [6, 6.07) is 7.40. The molecule has 2 rings (SSSR count). The Morgan fingerprint density at radius 1 is 0.895 bits per heavy atom. The van der Waals surface area contributed by atoms with Crippen molar-refractivity contribution in [2.75, 3.05) is 0 Å². The van der Waals surface area contributed by atoms with E-state index in [4.69, 9.17) is 46.4 Å². The zero-order valence-electron chi connectivity index (χ0n) is 9.25. The van der Waals surface area contributed by atoms with Gasteiger partial charge in [-0.2, -0.15) is 0 Å². The van der Waals surface area contributed by atoms with Crippen LogP contribution in [-0.4, -0.2) is 11.1 Å². The second kappa shape index (κ2) is 5.59. The smallest absolute Gasteiger partial charge is 0.336 e. The molecule has 0 aliphatic heterocycles. The standard InChI is InChI=1S/C13H6Cl4O2/c14-6-1-2-8(13(18)19)9(3-6)12-10(16)4-7(15)5-11(12)17/h1-5H,(H,18,19). The van der Waals surface area contributed by atoms with E-state index < -0.39 is 5.97 Å². The van der Waals surface area contributed by atoms with Crippen LogP contribution in [0.5, 0.6) is 0 Å². The van der Waals surface area contributed by atoms with Crippen molar-refractivity contribution in [2.45, 2.75) is 0 Å². The Morgan fingerprint density at radius 2 is 1.47 bits per heavy atom. The van der Waals surface area contributed by atoms with Gasteiger partial charge in [0.1, 0.15) is 0 Å². The van der Waals surface area contributed by atoms with Gasteiger partial charge in [-0.15, -0.1) is 0 Å². The number of hydrogen-bond acceptors (Lipinski definition) is 1. The molecule has 0 radical (unpaired) electrons. The summed E-state index contributed by atoms with van der Waals surface area (Å²) < 4.78 is 0. The average Bonchev–Trinajstić information content (AvgIpc) is 2.27. The quantitative estimate of drug-likeness (QED) is 0.768. The number of halogens is 4. The molecule has 2 aromatic carbocycles. The number of carbonyl (C=O) groups is 1. The third-order valence-electron chi connectivity index (χ3n) is 2.49. The highest BCUT2D eigenvalue weighted by Gasteiger charge is 2.17. The fourth-order valence-corrected chi connectivity index (χ4v) is 2.90. The van der Waals surface area contributed by atoms with Gasteiger partial charge in [0.05, 0.1) is 15.6 Å². The number of aromatic carboxylic acids is 1. The van der Waals surface area contributed by atoms with E-state index in [2.05, 4.69) is 0 Å². The van der Waals surface area contributed by atoms with E-state index in [-0.39, 0.29) is 15.6 Å². The van der Waals surface area contributed by atoms with Gasteiger partial charge in [-0.05, 0) is 30.3 Å². The van der Waals surface area contributed by atoms with E-state index >= 15 is 0 Å². The first-order valence-corrected chi connectivity index (χ1v) is 6.59. The number of hydrogen-bond donors (Lipinski definition) is 1. The summed E-state index contributed by atoms with van der Waals surface area (Å²) >= 11 is 23.9. The fraction of sp³-hybridized carbons (Fsp3) is 0. The lowest BCUT2D eigenvalue weighted by Crippen LogP contribution is -2.00. The molecule has 0 bridgehead atoms. The van der Waals surface area contributed by atoms with Crippen LogP contribution < -0.4 is 0 Å². The van der Waals surface area contributed by atoms with Gasteiger partial charge in [0.15, 0.2) is 0 Å². The Balaban J connectivity index is 2.78. The van der Waals surface area contributed by atoms with Crippen LogP contribution in [0.2, 0.25) is 20.1 Å². The molecule has 0 aromatic heterocycles. The van der Waals surface area contributed by atoms with Crippen LogP contribution in [0.4, 0.5) is 0 Å². The topological polar surface area (TPSA) is 37.3 Å². The minimum Gasteiger partial charge on any atom is -0.478 e. The maximum atomic E-state index is 11.2. The Morgan fingerprint density at radius 3 is 2.00 bits per heavy atom. The summed E-state index contributed by atoms with van der Waals surface area (Å²) in [6.45, 7) is 0. The summed E-state index contributed by atoms with van der Waals surface area (Å²) in [6.07, 6.45) is 0. The second-order valence-corrected chi connectivity index (χ2v) is 5.43. The molecular formula is C13H6Cl4O2. The highest BCUT2D eigenvalue weighted by Crippen LogP contribution is 2.39.